The van der Waals surface area contributed by atoms with Crippen LogP contribution in [0, 0.1) is 11.8 Å². The zero-order valence-corrected chi connectivity index (χ0v) is 15.1. The van der Waals surface area contributed by atoms with Crippen molar-refractivity contribution in [2.24, 2.45) is 17.6 Å². The largest absolute Gasteiger partial charge is 0.477 e. The molecular weight excluding hydrogens is 330 g/mol. The highest BCUT2D eigenvalue weighted by Crippen LogP contribution is 2.44. The highest BCUT2D eigenvalue weighted by atomic mass is 16.5. The van der Waals surface area contributed by atoms with Crippen molar-refractivity contribution < 1.29 is 14.3 Å². The van der Waals surface area contributed by atoms with E-state index < -0.39 is 0 Å². The van der Waals surface area contributed by atoms with Crippen LogP contribution in [0.15, 0.2) is 12.1 Å². The van der Waals surface area contributed by atoms with Crippen LogP contribution in [-0.4, -0.2) is 29.4 Å². The first-order chi connectivity index (χ1) is 12.6. The molecule has 3 aliphatic carbocycles. The van der Waals surface area contributed by atoms with Gasteiger partial charge in [0.2, 0.25) is 11.8 Å². The monoisotopic (exact) mass is 357 g/mol. The van der Waals surface area contributed by atoms with Gasteiger partial charge in [0.25, 0.3) is 5.91 Å². The van der Waals surface area contributed by atoms with Gasteiger partial charge in [0.05, 0.1) is 12.5 Å². The lowest BCUT2D eigenvalue weighted by molar-refractivity contribution is -0.123. The van der Waals surface area contributed by atoms with E-state index in [2.05, 4.69) is 10.3 Å². The summed E-state index contributed by atoms with van der Waals surface area (Å²) in [5.74, 6) is 0.903. The molecule has 6 heteroatoms. The number of nitrogens with zero attached hydrogens (tertiary/aromatic N) is 1. The third-order valence-corrected chi connectivity index (χ3v) is 5.74. The lowest BCUT2D eigenvalue weighted by atomic mass is 9.84. The number of carbonyl (C=O) groups is 2. The molecule has 6 nitrogen and oxygen atoms in total. The molecule has 1 aromatic heterocycles. The van der Waals surface area contributed by atoms with Crippen molar-refractivity contribution >= 4 is 11.8 Å². The lowest BCUT2D eigenvalue weighted by Gasteiger charge is -2.29. The van der Waals surface area contributed by atoms with Gasteiger partial charge in [-0.25, -0.2) is 4.98 Å². The molecule has 0 aliphatic heterocycles. The third kappa shape index (κ3) is 4.00. The first-order valence-electron chi connectivity index (χ1n) is 9.85. The molecule has 1 aromatic rings. The number of carbonyl (C=O) groups excluding carboxylic acids is 2. The average molecular weight is 357 g/mol. The predicted octanol–water partition coefficient (Wildman–Crippen LogP) is 2.52. The molecule has 3 aliphatic rings. The van der Waals surface area contributed by atoms with E-state index in [9.17, 15) is 9.59 Å². The van der Waals surface area contributed by atoms with Crippen LogP contribution in [0.2, 0.25) is 0 Å². The van der Waals surface area contributed by atoms with E-state index in [-0.39, 0.29) is 23.8 Å². The molecular formula is C20H27N3O3. The normalized spacial score (nSPS) is 25.5. The minimum absolute atomic E-state index is 0.200. The van der Waals surface area contributed by atoms with Gasteiger partial charge in [0, 0.05) is 11.6 Å². The van der Waals surface area contributed by atoms with Gasteiger partial charge in [-0.15, -0.1) is 0 Å². The van der Waals surface area contributed by atoms with Crippen molar-refractivity contribution in [2.45, 2.75) is 63.3 Å². The second-order valence-corrected chi connectivity index (χ2v) is 7.99. The van der Waals surface area contributed by atoms with Crippen LogP contribution in [0.25, 0.3) is 0 Å². The minimum Gasteiger partial charge on any atom is -0.477 e. The van der Waals surface area contributed by atoms with Crippen molar-refractivity contribution in [1.82, 2.24) is 10.3 Å². The molecule has 0 spiro atoms. The fourth-order valence-electron chi connectivity index (χ4n) is 3.77. The first-order valence-corrected chi connectivity index (χ1v) is 9.85. The highest BCUT2D eigenvalue weighted by Gasteiger charge is 2.32. The molecule has 0 bridgehead atoms. The van der Waals surface area contributed by atoms with E-state index in [1.165, 1.54) is 12.8 Å². The Morgan fingerprint density at radius 2 is 1.88 bits per heavy atom. The minimum atomic E-state index is -0.333. The van der Waals surface area contributed by atoms with Crippen molar-refractivity contribution in [2.75, 3.05) is 6.61 Å². The average Bonchev–Trinajstić information content (AvgIpc) is 3.54. The van der Waals surface area contributed by atoms with Crippen LogP contribution in [0.5, 0.6) is 5.88 Å². The van der Waals surface area contributed by atoms with Crippen molar-refractivity contribution in [3.63, 3.8) is 0 Å². The standard InChI is InChI=1S/C20H27N3O3/c21-18(24)15-3-1-2-4-16(15)22-19(25)17-10-9-14(13-7-8-13)20(23-17)26-11-12-5-6-12/h9-10,12-13,15-16H,1-8,11H2,(H2,21,24)(H,22,25)/t15-,16-/m1/s1. The summed E-state index contributed by atoms with van der Waals surface area (Å²) in [6.07, 6.45) is 8.26. The van der Waals surface area contributed by atoms with Crippen LogP contribution >= 0.6 is 0 Å². The molecule has 2 atom stereocenters. The fraction of sp³-hybridized carbons (Fsp3) is 0.650. The maximum Gasteiger partial charge on any atom is 0.270 e. The Morgan fingerprint density at radius 1 is 1.12 bits per heavy atom. The van der Waals surface area contributed by atoms with Crippen LogP contribution in [0.3, 0.4) is 0 Å². The predicted molar refractivity (Wildman–Crippen MR) is 96.8 cm³/mol. The first kappa shape index (κ1) is 17.3. The number of pyridine rings is 1. The zero-order chi connectivity index (χ0) is 18.1. The maximum atomic E-state index is 12.7. The van der Waals surface area contributed by atoms with Crippen LogP contribution in [-0.2, 0) is 4.79 Å². The van der Waals surface area contributed by atoms with E-state index in [1.54, 1.807) is 6.07 Å². The Bertz CT molecular complexity index is 698. The molecule has 26 heavy (non-hydrogen) atoms. The number of nitrogens with two attached hydrogens (primary N) is 1. The van der Waals surface area contributed by atoms with Crippen LogP contribution in [0.1, 0.15) is 73.3 Å². The zero-order valence-electron chi connectivity index (χ0n) is 15.1. The number of nitrogens with one attached hydrogen (secondary N) is 1. The summed E-state index contributed by atoms with van der Waals surface area (Å²) in [6.45, 7) is 0.685. The second-order valence-electron chi connectivity index (χ2n) is 7.99. The molecule has 140 valence electrons. The molecule has 0 unspecified atom stereocenters. The van der Waals surface area contributed by atoms with Gasteiger partial charge >= 0.3 is 0 Å². The molecule has 3 saturated carbocycles. The Morgan fingerprint density at radius 3 is 2.58 bits per heavy atom. The van der Waals surface area contributed by atoms with E-state index in [0.29, 0.717) is 30.0 Å². The molecule has 0 saturated heterocycles. The van der Waals surface area contributed by atoms with E-state index in [1.807, 2.05) is 6.07 Å². The Kier molecular flexibility index (Phi) is 4.83. The van der Waals surface area contributed by atoms with Gasteiger partial charge in [-0.3, -0.25) is 9.59 Å². The molecule has 2 amide bonds. The summed E-state index contributed by atoms with van der Waals surface area (Å²) in [5, 5.41) is 2.98. The number of ether oxygens (including phenoxy) is 1. The number of hydrogen-bond donors (Lipinski definition) is 2. The number of hydrogen-bond acceptors (Lipinski definition) is 4. The number of primary amides is 1. The third-order valence-electron chi connectivity index (χ3n) is 5.74. The van der Waals surface area contributed by atoms with Gasteiger partial charge in [-0.2, -0.15) is 0 Å². The Labute approximate surface area is 153 Å². The summed E-state index contributed by atoms with van der Waals surface area (Å²) >= 11 is 0. The molecule has 1 heterocycles. The quantitative estimate of drug-likeness (QED) is 0.784. The van der Waals surface area contributed by atoms with E-state index in [4.69, 9.17) is 10.5 Å². The Balaban J connectivity index is 1.47. The lowest BCUT2D eigenvalue weighted by Crippen LogP contribution is -2.47. The second kappa shape index (κ2) is 7.25. The van der Waals surface area contributed by atoms with Gasteiger partial charge in [0.1, 0.15) is 5.69 Å². The fourth-order valence-corrected chi connectivity index (χ4v) is 3.77. The van der Waals surface area contributed by atoms with Gasteiger partial charge in [-0.1, -0.05) is 18.9 Å². The molecule has 3 fully saturated rings. The summed E-state index contributed by atoms with van der Waals surface area (Å²) in [5.41, 5.74) is 6.98. The number of amides is 2. The molecule has 4 rings (SSSR count). The Hall–Kier alpha value is -2.11. The van der Waals surface area contributed by atoms with Crippen LogP contribution in [0.4, 0.5) is 0 Å². The summed E-state index contributed by atoms with van der Waals surface area (Å²) in [4.78, 5) is 28.9. The topological polar surface area (TPSA) is 94.3 Å². The smallest absolute Gasteiger partial charge is 0.270 e. The van der Waals surface area contributed by atoms with Crippen molar-refractivity contribution in [1.29, 1.82) is 0 Å². The van der Waals surface area contributed by atoms with Crippen LogP contribution < -0.4 is 15.8 Å². The summed E-state index contributed by atoms with van der Waals surface area (Å²) < 4.78 is 5.94. The molecule has 0 radical (unpaired) electrons. The molecule has 3 N–H and O–H groups in total. The van der Waals surface area contributed by atoms with Crippen molar-refractivity contribution in [3.8, 4) is 5.88 Å². The maximum absolute atomic E-state index is 12.7. The van der Waals surface area contributed by atoms with E-state index in [0.717, 1.165) is 44.1 Å². The summed E-state index contributed by atoms with van der Waals surface area (Å²) in [6, 6.07) is 3.55. The van der Waals surface area contributed by atoms with Gasteiger partial charge < -0.3 is 15.8 Å². The van der Waals surface area contributed by atoms with E-state index >= 15 is 0 Å². The van der Waals surface area contributed by atoms with Gasteiger partial charge in [-0.05, 0) is 56.4 Å². The molecule has 0 aromatic carbocycles. The number of rotatable bonds is 7. The van der Waals surface area contributed by atoms with Gasteiger partial charge in [0.15, 0.2) is 0 Å². The highest BCUT2D eigenvalue weighted by molar-refractivity contribution is 5.93. The van der Waals surface area contributed by atoms with Crippen molar-refractivity contribution in [3.05, 3.63) is 23.4 Å². The SMILES string of the molecule is NC(=O)[C@@H]1CCCC[C@H]1NC(=O)c1ccc(C2CC2)c(OCC2CC2)n1. The number of aromatic nitrogens is 1. The summed E-state index contributed by atoms with van der Waals surface area (Å²) in [7, 11) is 0.